The number of nitrogens with zero attached hydrogens (tertiary/aromatic N) is 1. The van der Waals surface area contributed by atoms with E-state index in [4.69, 9.17) is 4.42 Å². The number of fused-ring (bicyclic) bond motifs is 1. The Morgan fingerprint density at radius 1 is 1.07 bits per heavy atom. The van der Waals surface area contributed by atoms with E-state index in [1.807, 2.05) is 13.0 Å². The molecule has 0 spiro atoms. The first-order valence-corrected chi connectivity index (χ1v) is 9.27. The minimum Gasteiger partial charge on any atom is -0.423 e. The maximum absolute atomic E-state index is 13.3. The highest BCUT2D eigenvalue weighted by molar-refractivity contribution is 6.07. The monoisotopic (exact) mass is 394 g/mol. The summed E-state index contributed by atoms with van der Waals surface area (Å²) < 4.78 is 18.6. The molecule has 1 aromatic heterocycles. The van der Waals surface area contributed by atoms with E-state index in [9.17, 15) is 18.8 Å². The number of carbonyl (C=O) groups excluding carboxylic acids is 2. The van der Waals surface area contributed by atoms with Crippen LogP contribution < -0.4 is 10.9 Å². The SMILES string of the molecule is CC[C@@]1(c2ccc(F)cc2)NC(=O)N(Cc2cc(=O)oc3cc(C)ccc23)C1=O. The van der Waals surface area contributed by atoms with Gasteiger partial charge in [0.1, 0.15) is 16.9 Å². The standard InChI is InChI=1S/C22H19FN2O4/c1-3-22(15-5-7-16(23)8-6-15)20(27)25(21(28)24-22)12-14-11-19(26)29-18-10-13(2)4-9-17(14)18/h4-11H,3,12H2,1-2H3,(H,24,28)/t22-/m0/s1. The predicted molar refractivity (Wildman–Crippen MR) is 105 cm³/mol. The summed E-state index contributed by atoms with van der Waals surface area (Å²) in [6, 6.07) is 11.6. The van der Waals surface area contributed by atoms with Crippen molar-refractivity contribution in [1.29, 1.82) is 0 Å². The van der Waals surface area contributed by atoms with Crippen LogP contribution in [0.15, 0.2) is 57.7 Å². The molecule has 3 amide bonds. The molecule has 4 rings (SSSR count). The van der Waals surface area contributed by atoms with Gasteiger partial charge in [-0.05, 0) is 48.2 Å². The van der Waals surface area contributed by atoms with Crippen LogP contribution in [0.5, 0.6) is 0 Å². The molecule has 7 heteroatoms. The Bertz CT molecular complexity index is 1190. The van der Waals surface area contributed by atoms with Gasteiger partial charge in [0.05, 0.1) is 6.54 Å². The van der Waals surface area contributed by atoms with Gasteiger partial charge in [-0.3, -0.25) is 9.69 Å². The van der Waals surface area contributed by atoms with Crippen LogP contribution in [0.2, 0.25) is 0 Å². The van der Waals surface area contributed by atoms with Crippen LogP contribution >= 0.6 is 0 Å². The number of carbonyl (C=O) groups is 2. The number of benzene rings is 2. The van der Waals surface area contributed by atoms with Gasteiger partial charge >= 0.3 is 11.7 Å². The number of amides is 3. The van der Waals surface area contributed by atoms with Crippen LogP contribution in [-0.2, 0) is 16.9 Å². The largest absolute Gasteiger partial charge is 0.423 e. The third-order valence-corrected chi connectivity index (χ3v) is 5.36. The van der Waals surface area contributed by atoms with E-state index < -0.39 is 28.9 Å². The second-order valence-corrected chi connectivity index (χ2v) is 7.18. The first kappa shape index (κ1) is 18.9. The summed E-state index contributed by atoms with van der Waals surface area (Å²) >= 11 is 0. The first-order valence-electron chi connectivity index (χ1n) is 9.27. The number of hydrogen-bond donors (Lipinski definition) is 1. The van der Waals surface area contributed by atoms with Crippen LogP contribution in [0.1, 0.15) is 30.0 Å². The van der Waals surface area contributed by atoms with Crippen molar-refractivity contribution in [3.63, 3.8) is 0 Å². The average molecular weight is 394 g/mol. The lowest BCUT2D eigenvalue weighted by Crippen LogP contribution is -2.43. The molecule has 1 aliphatic heterocycles. The van der Waals surface area contributed by atoms with Gasteiger partial charge in [-0.2, -0.15) is 0 Å². The van der Waals surface area contributed by atoms with Gasteiger partial charge in [0.2, 0.25) is 0 Å². The number of urea groups is 1. The Hall–Kier alpha value is -3.48. The zero-order chi connectivity index (χ0) is 20.8. The van der Waals surface area contributed by atoms with Crippen molar-refractivity contribution in [1.82, 2.24) is 10.2 Å². The molecule has 0 unspecified atom stereocenters. The molecule has 1 saturated heterocycles. The summed E-state index contributed by atoms with van der Waals surface area (Å²) in [7, 11) is 0. The molecule has 3 aromatic rings. The molecule has 0 saturated carbocycles. The van der Waals surface area contributed by atoms with Crippen LogP contribution in [0.3, 0.4) is 0 Å². The molecular weight excluding hydrogens is 375 g/mol. The maximum Gasteiger partial charge on any atom is 0.336 e. The Kier molecular flexibility index (Phi) is 4.45. The maximum atomic E-state index is 13.3. The Morgan fingerprint density at radius 3 is 2.48 bits per heavy atom. The molecule has 1 aliphatic rings. The molecule has 0 radical (unpaired) electrons. The topological polar surface area (TPSA) is 79.6 Å². The number of nitrogens with one attached hydrogen (secondary N) is 1. The molecule has 2 heterocycles. The van der Waals surface area contributed by atoms with Gasteiger partial charge in [-0.25, -0.2) is 14.0 Å². The van der Waals surface area contributed by atoms with E-state index in [0.29, 0.717) is 28.5 Å². The van der Waals surface area contributed by atoms with E-state index in [0.717, 1.165) is 10.5 Å². The molecular formula is C22H19FN2O4. The van der Waals surface area contributed by atoms with E-state index in [1.165, 1.54) is 30.3 Å². The van der Waals surface area contributed by atoms with Crippen LogP contribution in [0.25, 0.3) is 11.0 Å². The number of hydrogen-bond acceptors (Lipinski definition) is 4. The van der Waals surface area contributed by atoms with Crippen molar-refractivity contribution in [3.8, 4) is 0 Å². The second-order valence-electron chi connectivity index (χ2n) is 7.18. The number of rotatable bonds is 4. The van der Waals surface area contributed by atoms with Gasteiger partial charge in [0, 0.05) is 11.5 Å². The third-order valence-electron chi connectivity index (χ3n) is 5.36. The minimum atomic E-state index is -1.27. The predicted octanol–water partition coefficient (Wildman–Crippen LogP) is 3.60. The molecule has 0 aliphatic carbocycles. The lowest BCUT2D eigenvalue weighted by Gasteiger charge is -2.25. The number of imide groups is 1. The minimum absolute atomic E-state index is 0.0707. The van der Waals surface area contributed by atoms with Crippen molar-refractivity contribution < 1.29 is 18.4 Å². The molecule has 148 valence electrons. The highest BCUT2D eigenvalue weighted by atomic mass is 19.1. The highest BCUT2D eigenvalue weighted by Gasteiger charge is 2.51. The Morgan fingerprint density at radius 2 is 1.79 bits per heavy atom. The summed E-state index contributed by atoms with van der Waals surface area (Å²) in [5.41, 5.74) is 0.539. The average Bonchev–Trinajstić information content (AvgIpc) is 2.93. The lowest BCUT2D eigenvalue weighted by molar-refractivity contribution is -0.132. The van der Waals surface area contributed by atoms with Gasteiger partial charge < -0.3 is 9.73 Å². The fourth-order valence-corrected chi connectivity index (χ4v) is 3.78. The quantitative estimate of drug-likeness (QED) is 0.542. The lowest BCUT2D eigenvalue weighted by atomic mass is 9.87. The molecule has 6 nitrogen and oxygen atoms in total. The van der Waals surface area contributed by atoms with E-state index >= 15 is 0 Å². The molecule has 2 aromatic carbocycles. The van der Waals surface area contributed by atoms with Gasteiger partial charge in [-0.15, -0.1) is 0 Å². The summed E-state index contributed by atoms with van der Waals surface area (Å²) in [6.45, 7) is 3.58. The first-order chi connectivity index (χ1) is 13.8. The number of aryl methyl sites for hydroxylation is 1. The molecule has 1 atom stereocenters. The Balaban J connectivity index is 1.75. The summed E-state index contributed by atoms with van der Waals surface area (Å²) in [5.74, 6) is -0.864. The zero-order valence-corrected chi connectivity index (χ0v) is 16.0. The number of halogens is 1. The van der Waals surface area contributed by atoms with Gasteiger partial charge in [-0.1, -0.05) is 31.2 Å². The van der Waals surface area contributed by atoms with Crippen molar-refractivity contribution in [2.75, 3.05) is 0 Å². The molecule has 0 bridgehead atoms. The second kappa shape index (κ2) is 6.84. The third kappa shape index (κ3) is 3.08. The fourth-order valence-electron chi connectivity index (χ4n) is 3.78. The summed E-state index contributed by atoms with van der Waals surface area (Å²) in [6.07, 6.45) is 0.302. The molecule has 29 heavy (non-hydrogen) atoms. The summed E-state index contributed by atoms with van der Waals surface area (Å²) in [5, 5.41) is 3.42. The van der Waals surface area contributed by atoms with Crippen molar-refractivity contribution in [3.05, 3.63) is 81.5 Å². The smallest absolute Gasteiger partial charge is 0.336 e. The normalized spacial score (nSPS) is 19.1. The van der Waals surface area contributed by atoms with E-state index in [-0.39, 0.29) is 6.54 Å². The van der Waals surface area contributed by atoms with Crippen molar-refractivity contribution in [2.24, 2.45) is 0 Å². The van der Waals surface area contributed by atoms with E-state index in [1.54, 1.807) is 19.1 Å². The highest BCUT2D eigenvalue weighted by Crippen LogP contribution is 2.34. The Labute approximate surface area is 165 Å². The zero-order valence-electron chi connectivity index (χ0n) is 16.0. The van der Waals surface area contributed by atoms with Gasteiger partial charge in [0.15, 0.2) is 0 Å². The molecule has 1 fully saturated rings. The van der Waals surface area contributed by atoms with Gasteiger partial charge in [0.25, 0.3) is 5.91 Å². The van der Waals surface area contributed by atoms with E-state index in [2.05, 4.69) is 5.32 Å². The van der Waals surface area contributed by atoms with Crippen molar-refractivity contribution >= 4 is 22.9 Å². The van der Waals surface area contributed by atoms with Crippen LogP contribution in [0, 0.1) is 12.7 Å². The fraction of sp³-hybridized carbons (Fsp3) is 0.227. The van der Waals surface area contributed by atoms with Crippen LogP contribution in [-0.4, -0.2) is 16.8 Å². The summed E-state index contributed by atoms with van der Waals surface area (Å²) in [4.78, 5) is 39.0. The van der Waals surface area contributed by atoms with Crippen molar-refractivity contribution in [2.45, 2.75) is 32.4 Å². The van der Waals surface area contributed by atoms with Crippen LogP contribution in [0.4, 0.5) is 9.18 Å². The molecule has 1 N–H and O–H groups in total.